The predicted octanol–water partition coefficient (Wildman–Crippen LogP) is 5.01. The Morgan fingerprint density at radius 3 is 2.28 bits per heavy atom. The highest BCUT2D eigenvalue weighted by atomic mass is 32.2. The van der Waals surface area contributed by atoms with Crippen LogP contribution in [0.15, 0.2) is 64.6 Å². The lowest BCUT2D eigenvalue weighted by molar-refractivity contribution is -0.120. The smallest absolute Gasteiger partial charge is 0.240 e. The Hall–Kier alpha value is -2.07. The second kappa shape index (κ2) is 8.86. The van der Waals surface area contributed by atoms with E-state index in [4.69, 9.17) is 0 Å². The Kier molecular flexibility index (Phi) is 6.82. The van der Waals surface area contributed by atoms with Gasteiger partial charge in [-0.1, -0.05) is 63.2 Å². The molecule has 0 radical (unpaired) electrons. The number of benzene rings is 2. The van der Waals surface area contributed by atoms with Crippen molar-refractivity contribution in [3.05, 3.63) is 65.7 Å². The number of nitrogens with zero attached hydrogens (tertiary/aromatic N) is 1. The first-order valence-corrected chi connectivity index (χ1v) is 9.47. The molecular formula is C21H26N2OS. The third-order valence-electron chi connectivity index (χ3n) is 3.86. The second-order valence-electron chi connectivity index (χ2n) is 6.97. The van der Waals surface area contributed by atoms with Gasteiger partial charge in [0.1, 0.15) is 0 Å². The first-order chi connectivity index (χ1) is 11.9. The van der Waals surface area contributed by atoms with Crippen LogP contribution in [0.4, 0.5) is 0 Å². The van der Waals surface area contributed by atoms with Gasteiger partial charge in [0, 0.05) is 17.1 Å². The zero-order chi connectivity index (χ0) is 18.3. The Morgan fingerprint density at radius 2 is 1.68 bits per heavy atom. The molecule has 4 heteroatoms. The fraction of sp³-hybridized carbons (Fsp3) is 0.333. The molecule has 3 nitrogen and oxygen atoms in total. The first-order valence-electron chi connectivity index (χ1n) is 8.48. The van der Waals surface area contributed by atoms with Crippen molar-refractivity contribution in [2.75, 3.05) is 5.75 Å². The average molecular weight is 355 g/mol. The number of amides is 1. The number of thioether (sulfide) groups is 1. The monoisotopic (exact) mass is 354 g/mol. The molecule has 0 aliphatic rings. The van der Waals surface area contributed by atoms with E-state index in [1.165, 1.54) is 10.5 Å². The molecule has 0 spiro atoms. The van der Waals surface area contributed by atoms with Crippen LogP contribution in [0.2, 0.25) is 0 Å². The molecule has 0 saturated heterocycles. The molecule has 1 N–H and O–H groups in total. The molecule has 2 aromatic carbocycles. The SMILES string of the molecule is CC(=NNC(=O)CCSc1ccccc1)c1ccc(C(C)(C)C)cc1. The van der Waals surface area contributed by atoms with Crippen LogP contribution < -0.4 is 5.43 Å². The van der Waals surface area contributed by atoms with Crippen LogP contribution in [0.25, 0.3) is 0 Å². The Labute approximate surface area is 154 Å². The summed E-state index contributed by atoms with van der Waals surface area (Å²) in [6.07, 6.45) is 0.444. The van der Waals surface area contributed by atoms with Gasteiger partial charge >= 0.3 is 0 Å². The molecule has 0 unspecified atom stereocenters. The first kappa shape index (κ1) is 19.3. The largest absolute Gasteiger partial charge is 0.273 e. The van der Waals surface area contributed by atoms with Gasteiger partial charge < -0.3 is 0 Å². The molecular weight excluding hydrogens is 328 g/mol. The fourth-order valence-corrected chi connectivity index (χ4v) is 3.13. The number of hydrazone groups is 1. The minimum Gasteiger partial charge on any atom is -0.273 e. The van der Waals surface area contributed by atoms with Gasteiger partial charge in [0.05, 0.1) is 5.71 Å². The number of rotatable bonds is 6. The van der Waals surface area contributed by atoms with Gasteiger partial charge in [-0.2, -0.15) is 5.10 Å². The van der Waals surface area contributed by atoms with E-state index in [1.807, 2.05) is 37.3 Å². The maximum absolute atomic E-state index is 11.9. The van der Waals surface area contributed by atoms with E-state index in [1.54, 1.807) is 11.8 Å². The number of carbonyl (C=O) groups is 1. The molecule has 0 bridgehead atoms. The van der Waals surface area contributed by atoms with E-state index in [-0.39, 0.29) is 11.3 Å². The summed E-state index contributed by atoms with van der Waals surface area (Å²) in [6, 6.07) is 18.4. The summed E-state index contributed by atoms with van der Waals surface area (Å²) in [7, 11) is 0. The fourth-order valence-electron chi connectivity index (χ4n) is 2.26. The summed E-state index contributed by atoms with van der Waals surface area (Å²) in [6.45, 7) is 8.48. The molecule has 0 heterocycles. The third kappa shape index (κ3) is 6.39. The summed E-state index contributed by atoms with van der Waals surface area (Å²) < 4.78 is 0. The molecule has 0 saturated carbocycles. The molecule has 0 atom stereocenters. The highest BCUT2D eigenvalue weighted by molar-refractivity contribution is 7.99. The van der Waals surface area contributed by atoms with E-state index in [0.717, 1.165) is 17.0 Å². The van der Waals surface area contributed by atoms with E-state index in [9.17, 15) is 4.79 Å². The molecule has 132 valence electrons. The van der Waals surface area contributed by atoms with Gasteiger partial charge in [0.15, 0.2) is 0 Å². The molecule has 0 aromatic heterocycles. The lowest BCUT2D eigenvalue weighted by Crippen LogP contribution is -2.19. The van der Waals surface area contributed by atoms with E-state index >= 15 is 0 Å². The average Bonchev–Trinajstić information content (AvgIpc) is 2.60. The quantitative estimate of drug-likeness (QED) is 0.450. The lowest BCUT2D eigenvalue weighted by atomic mass is 9.86. The summed E-state index contributed by atoms with van der Waals surface area (Å²) in [5.74, 6) is 0.680. The molecule has 0 fully saturated rings. The zero-order valence-corrected chi connectivity index (χ0v) is 16.2. The van der Waals surface area contributed by atoms with Crippen LogP contribution in [-0.2, 0) is 10.2 Å². The van der Waals surface area contributed by atoms with Crippen molar-refractivity contribution in [1.29, 1.82) is 0 Å². The van der Waals surface area contributed by atoms with Crippen LogP contribution in [0.3, 0.4) is 0 Å². The van der Waals surface area contributed by atoms with E-state index in [0.29, 0.717) is 6.42 Å². The maximum Gasteiger partial charge on any atom is 0.240 e. The molecule has 1 amide bonds. The van der Waals surface area contributed by atoms with Crippen molar-refractivity contribution >= 4 is 23.4 Å². The van der Waals surface area contributed by atoms with Crippen molar-refractivity contribution < 1.29 is 4.79 Å². The topological polar surface area (TPSA) is 41.5 Å². The Balaban J connectivity index is 1.82. The molecule has 0 aliphatic carbocycles. The van der Waals surface area contributed by atoms with E-state index < -0.39 is 0 Å². The van der Waals surface area contributed by atoms with Gasteiger partial charge in [-0.25, -0.2) is 5.43 Å². The predicted molar refractivity (Wildman–Crippen MR) is 107 cm³/mol. The minimum atomic E-state index is -0.0610. The normalized spacial score (nSPS) is 12.1. The van der Waals surface area contributed by atoms with Crippen LogP contribution in [-0.4, -0.2) is 17.4 Å². The number of hydrogen-bond acceptors (Lipinski definition) is 3. The van der Waals surface area contributed by atoms with Crippen molar-refractivity contribution in [2.24, 2.45) is 5.10 Å². The summed E-state index contributed by atoms with van der Waals surface area (Å²) in [5, 5.41) is 4.22. The minimum absolute atomic E-state index is 0.0610. The second-order valence-corrected chi connectivity index (χ2v) is 8.14. The number of carbonyl (C=O) groups excluding carboxylic acids is 1. The highest BCUT2D eigenvalue weighted by Crippen LogP contribution is 2.22. The number of hydrogen-bond donors (Lipinski definition) is 1. The van der Waals surface area contributed by atoms with Crippen molar-refractivity contribution in [3.63, 3.8) is 0 Å². The van der Waals surface area contributed by atoms with Crippen LogP contribution in [0.1, 0.15) is 45.2 Å². The van der Waals surface area contributed by atoms with Crippen LogP contribution in [0, 0.1) is 0 Å². The van der Waals surface area contributed by atoms with Crippen molar-refractivity contribution in [1.82, 2.24) is 5.43 Å². The molecule has 0 aliphatic heterocycles. The van der Waals surface area contributed by atoms with Crippen LogP contribution in [0.5, 0.6) is 0 Å². The Bertz CT molecular complexity index is 716. The van der Waals surface area contributed by atoms with Gasteiger partial charge in [-0.05, 0) is 35.6 Å². The summed E-state index contributed by atoms with van der Waals surface area (Å²) in [5.41, 5.74) is 5.89. The lowest BCUT2D eigenvalue weighted by Gasteiger charge is -2.19. The van der Waals surface area contributed by atoms with Gasteiger partial charge in [-0.15, -0.1) is 11.8 Å². The summed E-state index contributed by atoms with van der Waals surface area (Å²) in [4.78, 5) is 13.1. The zero-order valence-electron chi connectivity index (χ0n) is 15.4. The summed E-state index contributed by atoms with van der Waals surface area (Å²) >= 11 is 1.67. The van der Waals surface area contributed by atoms with Crippen LogP contribution >= 0.6 is 11.8 Å². The van der Waals surface area contributed by atoms with Gasteiger partial charge in [-0.3, -0.25) is 4.79 Å². The molecule has 25 heavy (non-hydrogen) atoms. The van der Waals surface area contributed by atoms with Crippen molar-refractivity contribution in [2.45, 2.75) is 44.4 Å². The van der Waals surface area contributed by atoms with Gasteiger partial charge in [0.2, 0.25) is 5.91 Å². The molecule has 2 aromatic rings. The van der Waals surface area contributed by atoms with E-state index in [2.05, 4.69) is 55.6 Å². The van der Waals surface area contributed by atoms with Crippen molar-refractivity contribution in [3.8, 4) is 0 Å². The van der Waals surface area contributed by atoms with Gasteiger partial charge in [0.25, 0.3) is 0 Å². The number of nitrogens with one attached hydrogen (secondary N) is 1. The standard InChI is InChI=1S/C21H26N2OS/c1-16(17-10-12-18(13-11-17)21(2,3)4)22-23-20(24)14-15-25-19-8-6-5-7-9-19/h5-13H,14-15H2,1-4H3,(H,23,24). The third-order valence-corrected chi connectivity index (χ3v) is 4.87. The Morgan fingerprint density at radius 1 is 1.04 bits per heavy atom. The molecule has 2 rings (SSSR count). The highest BCUT2D eigenvalue weighted by Gasteiger charge is 2.13. The maximum atomic E-state index is 11.9.